The van der Waals surface area contributed by atoms with Crippen LogP contribution in [0.15, 0.2) is 0 Å². The number of aliphatic carboxylic acids is 1. The van der Waals surface area contributed by atoms with E-state index in [9.17, 15) is 13.6 Å². The molecule has 1 aliphatic rings. The van der Waals surface area contributed by atoms with Crippen LogP contribution in [-0.4, -0.2) is 53.2 Å². The van der Waals surface area contributed by atoms with Crippen LogP contribution < -0.4 is 0 Å². The van der Waals surface area contributed by atoms with Gasteiger partial charge in [-0.05, 0) is 20.8 Å². The van der Waals surface area contributed by atoms with Crippen molar-refractivity contribution >= 4 is 5.97 Å². The van der Waals surface area contributed by atoms with E-state index in [4.69, 9.17) is 9.84 Å². The maximum atomic E-state index is 13.3. The molecule has 17 heavy (non-hydrogen) atoms. The van der Waals surface area contributed by atoms with E-state index in [1.165, 1.54) is 0 Å². The van der Waals surface area contributed by atoms with Crippen molar-refractivity contribution < 1.29 is 23.4 Å². The number of likely N-dealkylation sites (tertiary alicyclic amines) is 1. The van der Waals surface area contributed by atoms with Crippen LogP contribution in [0, 0.1) is 0 Å². The standard InChI is InChI=1S/C11H19F2NO3/c1-10(2,3)14-7-11(12,13)4-8(14)5-17-6-9(15)16/h8H,4-7H2,1-3H3,(H,15,16). The summed E-state index contributed by atoms with van der Waals surface area (Å²) in [6.45, 7) is 4.87. The Morgan fingerprint density at radius 2 is 2.12 bits per heavy atom. The highest BCUT2D eigenvalue weighted by Crippen LogP contribution is 2.36. The summed E-state index contributed by atoms with van der Waals surface area (Å²) in [4.78, 5) is 12.0. The number of carboxylic acids is 1. The van der Waals surface area contributed by atoms with Gasteiger partial charge in [-0.25, -0.2) is 13.6 Å². The molecule has 0 spiro atoms. The molecule has 0 saturated carbocycles. The van der Waals surface area contributed by atoms with Crippen LogP contribution in [0.4, 0.5) is 8.78 Å². The average Bonchev–Trinajstić information content (AvgIpc) is 2.40. The highest BCUT2D eigenvalue weighted by Gasteiger charge is 2.48. The molecule has 0 aliphatic carbocycles. The predicted octanol–water partition coefficient (Wildman–Crippen LogP) is 1.60. The van der Waals surface area contributed by atoms with Crippen molar-refractivity contribution in [2.45, 2.75) is 44.7 Å². The van der Waals surface area contributed by atoms with Gasteiger partial charge in [-0.3, -0.25) is 4.90 Å². The zero-order chi connectivity index (χ0) is 13.3. The monoisotopic (exact) mass is 251 g/mol. The average molecular weight is 251 g/mol. The molecule has 1 unspecified atom stereocenters. The SMILES string of the molecule is CC(C)(C)N1CC(F)(F)CC1COCC(=O)O. The van der Waals surface area contributed by atoms with Crippen LogP contribution in [-0.2, 0) is 9.53 Å². The Morgan fingerprint density at radius 1 is 1.53 bits per heavy atom. The molecular weight excluding hydrogens is 232 g/mol. The van der Waals surface area contributed by atoms with Gasteiger partial charge in [-0.2, -0.15) is 0 Å². The molecule has 6 heteroatoms. The molecule has 4 nitrogen and oxygen atoms in total. The minimum absolute atomic E-state index is 0.0269. The van der Waals surface area contributed by atoms with E-state index in [-0.39, 0.29) is 25.1 Å². The largest absolute Gasteiger partial charge is 0.480 e. The fourth-order valence-electron chi connectivity index (χ4n) is 2.11. The second-order valence-corrected chi connectivity index (χ2v) is 5.42. The van der Waals surface area contributed by atoms with Gasteiger partial charge in [0.25, 0.3) is 5.92 Å². The number of nitrogens with zero attached hydrogens (tertiary/aromatic N) is 1. The third kappa shape index (κ3) is 4.20. The Balaban J connectivity index is 2.58. The number of carbonyl (C=O) groups is 1. The fourth-order valence-corrected chi connectivity index (χ4v) is 2.11. The molecule has 0 aromatic rings. The number of alkyl halides is 2. The summed E-state index contributed by atoms with van der Waals surface area (Å²) >= 11 is 0. The molecule has 1 saturated heterocycles. The summed E-state index contributed by atoms with van der Waals surface area (Å²) in [7, 11) is 0. The first kappa shape index (κ1) is 14.3. The second-order valence-electron chi connectivity index (χ2n) is 5.42. The number of hydrogen-bond acceptors (Lipinski definition) is 3. The van der Waals surface area contributed by atoms with Crippen LogP contribution in [0.3, 0.4) is 0 Å². The van der Waals surface area contributed by atoms with Gasteiger partial charge in [0.15, 0.2) is 0 Å². The van der Waals surface area contributed by atoms with E-state index in [0.717, 1.165) is 0 Å². The van der Waals surface area contributed by atoms with E-state index in [1.807, 2.05) is 20.8 Å². The summed E-state index contributed by atoms with van der Waals surface area (Å²) in [6.07, 6.45) is -0.274. The molecule has 1 fully saturated rings. The van der Waals surface area contributed by atoms with Crippen molar-refractivity contribution in [1.29, 1.82) is 0 Å². The molecule has 1 N–H and O–H groups in total. The highest BCUT2D eigenvalue weighted by molar-refractivity contribution is 5.67. The summed E-state index contributed by atoms with van der Waals surface area (Å²) in [5.74, 6) is -3.80. The lowest BCUT2D eigenvalue weighted by Crippen LogP contribution is -2.47. The molecule has 0 aromatic heterocycles. The quantitative estimate of drug-likeness (QED) is 0.824. The van der Waals surface area contributed by atoms with Crippen molar-refractivity contribution in [3.8, 4) is 0 Å². The van der Waals surface area contributed by atoms with E-state index in [0.29, 0.717) is 0 Å². The van der Waals surface area contributed by atoms with Gasteiger partial charge in [0, 0.05) is 18.0 Å². The van der Waals surface area contributed by atoms with Crippen molar-refractivity contribution in [3.05, 3.63) is 0 Å². The topological polar surface area (TPSA) is 49.8 Å². The van der Waals surface area contributed by atoms with Crippen molar-refractivity contribution in [2.75, 3.05) is 19.8 Å². The first-order valence-electron chi connectivity index (χ1n) is 5.56. The Morgan fingerprint density at radius 3 is 2.59 bits per heavy atom. The van der Waals surface area contributed by atoms with Gasteiger partial charge >= 0.3 is 5.97 Å². The Labute approximate surface area is 99.5 Å². The molecule has 0 bridgehead atoms. The molecule has 1 aliphatic heterocycles. The third-order valence-electron chi connectivity index (χ3n) is 2.77. The molecule has 1 rings (SSSR count). The second kappa shape index (κ2) is 4.86. The Bertz CT molecular complexity index is 289. The molecule has 0 aromatic carbocycles. The van der Waals surface area contributed by atoms with Crippen LogP contribution in [0.1, 0.15) is 27.2 Å². The van der Waals surface area contributed by atoms with Crippen molar-refractivity contribution in [1.82, 2.24) is 4.90 Å². The maximum Gasteiger partial charge on any atom is 0.329 e. The zero-order valence-corrected chi connectivity index (χ0v) is 10.4. The molecule has 1 atom stereocenters. The summed E-state index contributed by atoms with van der Waals surface area (Å²) in [6, 6.07) is -0.427. The first-order chi connectivity index (χ1) is 7.62. The van der Waals surface area contributed by atoms with Gasteiger partial charge in [0.2, 0.25) is 0 Å². The first-order valence-corrected chi connectivity index (χ1v) is 5.56. The van der Waals surface area contributed by atoms with Crippen LogP contribution in [0.2, 0.25) is 0 Å². The summed E-state index contributed by atoms with van der Waals surface area (Å²) in [5.41, 5.74) is -0.378. The molecule has 0 amide bonds. The van der Waals surface area contributed by atoms with E-state index in [2.05, 4.69) is 0 Å². The summed E-state index contributed by atoms with van der Waals surface area (Å²) in [5, 5.41) is 8.43. The zero-order valence-electron chi connectivity index (χ0n) is 10.4. The Kier molecular flexibility index (Phi) is 4.09. The normalized spacial score (nSPS) is 25.1. The maximum absolute atomic E-state index is 13.3. The number of rotatable bonds is 4. The molecular formula is C11H19F2NO3. The minimum Gasteiger partial charge on any atom is -0.480 e. The Hall–Kier alpha value is -0.750. The summed E-state index contributed by atoms with van der Waals surface area (Å²) < 4.78 is 31.6. The minimum atomic E-state index is -2.72. The lowest BCUT2D eigenvalue weighted by molar-refractivity contribution is -0.142. The lowest BCUT2D eigenvalue weighted by atomic mass is 10.1. The van der Waals surface area contributed by atoms with Gasteiger partial charge in [-0.1, -0.05) is 0 Å². The molecule has 0 radical (unpaired) electrons. The highest BCUT2D eigenvalue weighted by atomic mass is 19.3. The van der Waals surface area contributed by atoms with Gasteiger partial charge in [-0.15, -0.1) is 0 Å². The van der Waals surface area contributed by atoms with Gasteiger partial charge in [0.05, 0.1) is 13.2 Å². The van der Waals surface area contributed by atoms with E-state index >= 15 is 0 Å². The fraction of sp³-hybridized carbons (Fsp3) is 0.909. The molecule has 1 heterocycles. The third-order valence-corrected chi connectivity index (χ3v) is 2.77. The van der Waals surface area contributed by atoms with Crippen LogP contribution >= 0.6 is 0 Å². The van der Waals surface area contributed by atoms with Crippen LogP contribution in [0.25, 0.3) is 0 Å². The van der Waals surface area contributed by atoms with E-state index < -0.39 is 24.5 Å². The van der Waals surface area contributed by atoms with Crippen LogP contribution in [0.5, 0.6) is 0 Å². The number of ether oxygens (including phenoxy) is 1. The van der Waals surface area contributed by atoms with Crippen molar-refractivity contribution in [3.63, 3.8) is 0 Å². The number of carboxylic acid groups (broad SMARTS) is 1. The predicted molar refractivity (Wildman–Crippen MR) is 58.3 cm³/mol. The van der Waals surface area contributed by atoms with Gasteiger partial charge in [0.1, 0.15) is 6.61 Å². The van der Waals surface area contributed by atoms with Crippen molar-refractivity contribution in [2.24, 2.45) is 0 Å². The van der Waals surface area contributed by atoms with E-state index in [1.54, 1.807) is 4.90 Å². The van der Waals surface area contributed by atoms with Gasteiger partial charge < -0.3 is 9.84 Å². The smallest absolute Gasteiger partial charge is 0.329 e. The number of halogens is 2. The lowest BCUT2D eigenvalue weighted by Gasteiger charge is -2.36. The molecule has 100 valence electrons. The number of hydrogen-bond donors (Lipinski definition) is 1.